The molecule has 4 heteroatoms. The van der Waals surface area contributed by atoms with Gasteiger partial charge in [-0.15, -0.1) is 0 Å². The number of hydrogen-bond acceptors (Lipinski definition) is 2. The van der Waals surface area contributed by atoms with Crippen molar-refractivity contribution in [3.63, 3.8) is 0 Å². The highest BCUT2D eigenvalue weighted by Gasteiger charge is 2.21. The Morgan fingerprint density at radius 1 is 1.08 bits per heavy atom. The number of nitrogens with one attached hydrogen (secondary N) is 2. The van der Waals surface area contributed by atoms with Gasteiger partial charge >= 0.3 is 0 Å². The summed E-state index contributed by atoms with van der Waals surface area (Å²) in [5.41, 5.74) is 4.92. The standard InChI is InChI=1S/C20H25N3O/c1-16-5-3-4-6-20(16)23-13-11-22(12-14-23)15-18-7-9-19(10-8-18)21-17(2)24/h3-10H,11-15H2,1-2H3,(H,21,24)/p+1. The van der Waals surface area contributed by atoms with Crippen molar-refractivity contribution in [1.29, 1.82) is 0 Å². The molecule has 0 spiro atoms. The van der Waals surface area contributed by atoms with Gasteiger partial charge in [-0.1, -0.05) is 30.3 Å². The second-order valence-corrected chi connectivity index (χ2v) is 6.58. The van der Waals surface area contributed by atoms with Crippen molar-refractivity contribution in [2.75, 3.05) is 36.4 Å². The predicted molar refractivity (Wildman–Crippen MR) is 98.5 cm³/mol. The lowest BCUT2D eigenvalue weighted by atomic mass is 10.1. The zero-order chi connectivity index (χ0) is 16.9. The van der Waals surface area contributed by atoms with E-state index in [2.05, 4.69) is 53.5 Å². The quantitative estimate of drug-likeness (QED) is 0.901. The number of aryl methyl sites for hydroxylation is 1. The molecule has 2 N–H and O–H groups in total. The van der Waals surface area contributed by atoms with Gasteiger partial charge in [0.05, 0.1) is 26.2 Å². The smallest absolute Gasteiger partial charge is 0.221 e. The van der Waals surface area contributed by atoms with Crippen LogP contribution in [0.25, 0.3) is 0 Å². The summed E-state index contributed by atoms with van der Waals surface area (Å²) in [6, 6.07) is 16.8. The van der Waals surface area contributed by atoms with Crippen LogP contribution < -0.4 is 15.1 Å². The highest BCUT2D eigenvalue weighted by molar-refractivity contribution is 5.88. The molecule has 1 amide bonds. The molecule has 0 aromatic heterocycles. The summed E-state index contributed by atoms with van der Waals surface area (Å²) < 4.78 is 0. The van der Waals surface area contributed by atoms with Gasteiger partial charge in [0.1, 0.15) is 6.54 Å². The highest BCUT2D eigenvalue weighted by Crippen LogP contribution is 2.19. The number of quaternary nitrogens is 1. The minimum absolute atomic E-state index is 0.0271. The number of para-hydroxylation sites is 1. The Labute approximate surface area is 144 Å². The van der Waals surface area contributed by atoms with E-state index in [9.17, 15) is 4.79 Å². The SMILES string of the molecule is CC(=O)Nc1ccc(C[NH+]2CCN(c3ccccc3C)CC2)cc1. The van der Waals surface area contributed by atoms with E-state index in [-0.39, 0.29) is 5.91 Å². The van der Waals surface area contributed by atoms with Crippen LogP contribution in [-0.4, -0.2) is 32.1 Å². The average molecular weight is 324 g/mol. The summed E-state index contributed by atoms with van der Waals surface area (Å²) in [6.45, 7) is 9.27. The number of benzene rings is 2. The number of nitrogens with zero attached hydrogens (tertiary/aromatic N) is 1. The maximum Gasteiger partial charge on any atom is 0.221 e. The minimum Gasteiger partial charge on any atom is -0.360 e. The lowest BCUT2D eigenvalue weighted by Gasteiger charge is -2.34. The molecule has 1 fully saturated rings. The third kappa shape index (κ3) is 4.15. The van der Waals surface area contributed by atoms with E-state index in [1.807, 2.05) is 12.1 Å². The number of rotatable bonds is 4. The molecule has 1 aliphatic heterocycles. The predicted octanol–water partition coefficient (Wildman–Crippen LogP) is 1.86. The van der Waals surface area contributed by atoms with E-state index in [1.165, 1.54) is 23.7 Å². The van der Waals surface area contributed by atoms with Gasteiger partial charge < -0.3 is 15.1 Å². The minimum atomic E-state index is -0.0271. The van der Waals surface area contributed by atoms with E-state index in [4.69, 9.17) is 0 Å². The number of amides is 1. The van der Waals surface area contributed by atoms with E-state index in [0.717, 1.165) is 38.4 Å². The van der Waals surface area contributed by atoms with Crippen LogP contribution >= 0.6 is 0 Å². The Morgan fingerprint density at radius 2 is 1.75 bits per heavy atom. The van der Waals surface area contributed by atoms with Crippen LogP contribution in [0.15, 0.2) is 48.5 Å². The van der Waals surface area contributed by atoms with Crippen LogP contribution in [0, 0.1) is 6.92 Å². The highest BCUT2D eigenvalue weighted by atomic mass is 16.1. The van der Waals surface area contributed by atoms with Gasteiger partial charge in [0, 0.05) is 23.9 Å². The van der Waals surface area contributed by atoms with Crippen molar-refractivity contribution < 1.29 is 9.69 Å². The van der Waals surface area contributed by atoms with Crippen molar-refractivity contribution in [2.45, 2.75) is 20.4 Å². The van der Waals surface area contributed by atoms with Crippen LogP contribution in [0.2, 0.25) is 0 Å². The second-order valence-electron chi connectivity index (χ2n) is 6.58. The van der Waals surface area contributed by atoms with E-state index in [1.54, 1.807) is 4.90 Å². The Kier molecular flexibility index (Phi) is 5.16. The summed E-state index contributed by atoms with van der Waals surface area (Å²) in [7, 11) is 0. The Morgan fingerprint density at radius 3 is 2.38 bits per heavy atom. The molecule has 1 saturated heterocycles. The summed E-state index contributed by atoms with van der Waals surface area (Å²) >= 11 is 0. The molecule has 1 heterocycles. The third-order valence-electron chi connectivity index (χ3n) is 4.66. The van der Waals surface area contributed by atoms with E-state index in [0.29, 0.717) is 0 Å². The Bertz CT molecular complexity index is 688. The number of piperazine rings is 1. The van der Waals surface area contributed by atoms with E-state index >= 15 is 0 Å². The van der Waals surface area contributed by atoms with E-state index < -0.39 is 0 Å². The van der Waals surface area contributed by atoms with Gasteiger partial charge in [-0.05, 0) is 30.7 Å². The van der Waals surface area contributed by atoms with Gasteiger partial charge in [-0.2, -0.15) is 0 Å². The topological polar surface area (TPSA) is 36.8 Å². The van der Waals surface area contributed by atoms with Crippen molar-refractivity contribution in [1.82, 2.24) is 0 Å². The fourth-order valence-electron chi connectivity index (χ4n) is 3.36. The molecule has 0 saturated carbocycles. The molecule has 0 unspecified atom stereocenters. The molecule has 2 aromatic carbocycles. The average Bonchev–Trinajstić information content (AvgIpc) is 2.58. The first-order valence-corrected chi connectivity index (χ1v) is 8.62. The summed E-state index contributed by atoms with van der Waals surface area (Å²) in [5.74, 6) is -0.0271. The number of anilines is 2. The molecule has 0 bridgehead atoms. The molecule has 24 heavy (non-hydrogen) atoms. The summed E-state index contributed by atoms with van der Waals surface area (Å²) in [6.07, 6.45) is 0. The molecule has 126 valence electrons. The van der Waals surface area contributed by atoms with Crippen molar-refractivity contribution in [2.24, 2.45) is 0 Å². The summed E-state index contributed by atoms with van der Waals surface area (Å²) in [4.78, 5) is 15.2. The lowest BCUT2D eigenvalue weighted by Crippen LogP contribution is -3.13. The monoisotopic (exact) mass is 324 g/mol. The molecular weight excluding hydrogens is 298 g/mol. The summed E-state index contributed by atoms with van der Waals surface area (Å²) in [5, 5.41) is 2.81. The molecule has 0 aliphatic carbocycles. The maximum atomic E-state index is 11.1. The lowest BCUT2D eigenvalue weighted by molar-refractivity contribution is -0.914. The fourth-order valence-corrected chi connectivity index (χ4v) is 3.36. The van der Waals surface area contributed by atoms with Gasteiger partial charge in [0.2, 0.25) is 5.91 Å². The first-order valence-electron chi connectivity index (χ1n) is 8.62. The zero-order valence-corrected chi connectivity index (χ0v) is 14.5. The second kappa shape index (κ2) is 7.49. The van der Waals surface area contributed by atoms with Crippen LogP contribution in [0.5, 0.6) is 0 Å². The Balaban J connectivity index is 1.54. The van der Waals surface area contributed by atoms with Gasteiger partial charge in [0.15, 0.2) is 0 Å². The first-order chi connectivity index (χ1) is 11.6. The largest absolute Gasteiger partial charge is 0.360 e. The van der Waals surface area contributed by atoms with Crippen LogP contribution in [0.3, 0.4) is 0 Å². The number of hydrogen-bond donors (Lipinski definition) is 2. The van der Waals surface area contributed by atoms with Crippen molar-refractivity contribution in [3.05, 3.63) is 59.7 Å². The third-order valence-corrected chi connectivity index (χ3v) is 4.66. The Hall–Kier alpha value is -2.33. The first kappa shape index (κ1) is 16.5. The van der Waals surface area contributed by atoms with Crippen LogP contribution in [-0.2, 0) is 11.3 Å². The molecule has 2 aromatic rings. The molecule has 0 atom stereocenters. The number of carbonyl (C=O) groups excluding carboxylic acids is 1. The van der Waals surface area contributed by atoms with Crippen LogP contribution in [0.4, 0.5) is 11.4 Å². The molecule has 1 aliphatic rings. The van der Waals surface area contributed by atoms with Gasteiger partial charge in [-0.25, -0.2) is 0 Å². The molecule has 3 rings (SSSR count). The van der Waals surface area contributed by atoms with Gasteiger partial charge in [0.25, 0.3) is 0 Å². The maximum absolute atomic E-state index is 11.1. The zero-order valence-electron chi connectivity index (χ0n) is 14.5. The van der Waals surface area contributed by atoms with Crippen molar-refractivity contribution in [3.8, 4) is 0 Å². The molecular formula is C20H26N3O+. The van der Waals surface area contributed by atoms with Gasteiger partial charge in [-0.3, -0.25) is 4.79 Å². The number of carbonyl (C=O) groups is 1. The molecule has 4 nitrogen and oxygen atoms in total. The van der Waals surface area contributed by atoms with Crippen molar-refractivity contribution >= 4 is 17.3 Å². The van der Waals surface area contributed by atoms with Crippen LogP contribution in [0.1, 0.15) is 18.1 Å². The normalized spacial score (nSPS) is 15.3. The molecule has 0 radical (unpaired) electrons. The fraction of sp³-hybridized carbons (Fsp3) is 0.350.